The molecule has 3 aromatic heterocycles. The SMILES string of the molecule is Cc1csc(-c2[nH]nc(N)c2-c2ccncc2)c1Cl. The lowest BCUT2D eigenvalue weighted by atomic mass is 10.1. The van der Waals surface area contributed by atoms with Gasteiger partial charge in [-0.3, -0.25) is 10.1 Å². The number of nitrogens with zero attached hydrogens (tertiary/aromatic N) is 2. The molecule has 4 nitrogen and oxygen atoms in total. The molecule has 0 fully saturated rings. The molecule has 0 aromatic carbocycles. The molecule has 3 heterocycles. The first kappa shape index (κ1) is 12.2. The molecule has 0 aliphatic heterocycles. The Morgan fingerprint density at radius 1 is 1.32 bits per heavy atom. The monoisotopic (exact) mass is 290 g/mol. The smallest absolute Gasteiger partial charge is 0.153 e. The van der Waals surface area contributed by atoms with E-state index >= 15 is 0 Å². The molecule has 0 amide bonds. The van der Waals surface area contributed by atoms with Crippen molar-refractivity contribution < 1.29 is 0 Å². The first-order valence-corrected chi connectivity index (χ1v) is 6.92. The van der Waals surface area contributed by atoms with Gasteiger partial charge in [0.25, 0.3) is 0 Å². The Balaban J connectivity index is 2.22. The number of hydrogen-bond acceptors (Lipinski definition) is 4. The second-order valence-electron chi connectivity index (χ2n) is 4.16. The van der Waals surface area contributed by atoms with Crippen molar-refractivity contribution in [3.8, 4) is 21.7 Å². The number of nitrogens with one attached hydrogen (secondary N) is 1. The summed E-state index contributed by atoms with van der Waals surface area (Å²) in [7, 11) is 0. The Kier molecular flexibility index (Phi) is 3.00. The van der Waals surface area contributed by atoms with E-state index in [0.29, 0.717) is 5.82 Å². The van der Waals surface area contributed by atoms with Crippen LogP contribution in [0.15, 0.2) is 29.9 Å². The number of anilines is 1. The van der Waals surface area contributed by atoms with Gasteiger partial charge in [0.1, 0.15) is 0 Å². The topological polar surface area (TPSA) is 67.6 Å². The normalized spacial score (nSPS) is 10.8. The molecule has 0 radical (unpaired) electrons. The lowest BCUT2D eigenvalue weighted by molar-refractivity contribution is 1.11. The van der Waals surface area contributed by atoms with Crippen LogP contribution in [0.1, 0.15) is 5.56 Å². The van der Waals surface area contributed by atoms with Crippen molar-refractivity contribution in [1.82, 2.24) is 15.2 Å². The number of halogens is 1. The fraction of sp³-hybridized carbons (Fsp3) is 0.0769. The summed E-state index contributed by atoms with van der Waals surface area (Å²) in [5.41, 5.74) is 9.71. The summed E-state index contributed by atoms with van der Waals surface area (Å²) in [4.78, 5) is 4.97. The van der Waals surface area contributed by atoms with Crippen LogP contribution in [-0.4, -0.2) is 15.2 Å². The van der Waals surface area contributed by atoms with E-state index in [1.807, 2.05) is 24.4 Å². The summed E-state index contributed by atoms with van der Waals surface area (Å²) >= 11 is 7.90. The first-order chi connectivity index (χ1) is 9.18. The number of aromatic nitrogens is 3. The Bertz CT molecular complexity index is 718. The number of thiophene rings is 1. The molecule has 0 aliphatic carbocycles. The number of pyridine rings is 1. The van der Waals surface area contributed by atoms with Crippen molar-refractivity contribution in [2.75, 3.05) is 5.73 Å². The lowest BCUT2D eigenvalue weighted by Crippen LogP contribution is -1.88. The Hall–Kier alpha value is -1.85. The summed E-state index contributed by atoms with van der Waals surface area (Å²) in [5, 5.41) is 9.83. The highest BCUT2D eigenvalue weighted by Crippen LogP contribution is 2.41. The number of hydrogen-bond donors (Lipinski definition) is 2. The zero-order chi connectivity index (χ0) is 13.4. The maximum Gasteiger partial charge on any atom is 0.153 e. The third-order valence-corrected chi connectivity index (χ3v) is 4.60. The number of rotatable bonds is 2. The molecule has 0 atom stereocenters. The van der Waals surface area contributed by atoms with Crippen LogP contribution in [-0.2, 0) is 0 Å². The highest BCUT2D eigenvalue weighted by atomic mass is 35.5. The zero-order valence-electron chi connectivity index (χ0n) is 10.1. The molecular formula is C13H11ClN4S. The molecule has 0 saturated carbocycles. The number of aromatic amines is 1. The van der Waals surface area contributed by atoms with Gasteiger partial charge in [0, 0.05) is 12.4 Å². The van der Waals surface area contributed by atoms with Gasteiger partial charge in [0.05, 0.1) is 21.2 Å². The summed E-state index contributed by atoms with van der Waals surface area (Å²) in [6, 6.07) is 3.80. The minimum Gasteiger partial charge on any atom is -0.382 e. The van der Waals surface area contributed by atoms with E-state index in [4.69, 9.17) is 17.3 Å². The molecule has 96 valence electrons. The average Bonchev–Trinajstić information content (AvgIpc) is 2.95. The number of aryl methyl sites for hydroxylation is 1. The number of nitrogens with two attached hydrogens (primary N) is 1. The first-order valence-electron chi connectivity index (χ1n) is 5.66. The largest absolute Gasteiger partial charge is 0.382 e. The van der Waals surface area contributed by atoms with Crippen LogP contribution < -0.4 is 5.73 Å². The predicted octanol–water partition coefficient (Wildman–Crippen LogP) is 3.74. The average molecular weight is 291 g/mol. The minimum atomic E-state index is 0.461. The van der Waals surface area contributed by atoms with Crippen LogP contribution in [0.4, 0.5) is 5.82 Å². The molecule has 19 heavy (non-hydrogen) atoms. The fourth-order valence-corrected chi connectivity index (χ4v) is 3.22. The van der Waals surface area contributed by atoms with Gasteiger partial charge in [-0.25, -0.2) is 0 Å². The van der Waals surface area contributed by atoms with Crippen LogP contribution >= 0.6 is 22.9 Å². The van der Waals surface area contributed by atoms with E-state index in [0.717, 1.165) is 32.3 Å². The van der Waals surface area contributed by atoms with Gasteiger partial charge >= 0.3 is 0 Å². The lowest BCUT2D eigenvalue weighted by Gasteiger charge is -2.03. The van der Waals surface area contributed by atoms with Crippen LogP contribution in [0.3, 0.4) is 0 Å². The van der Waals surface area contributed by atoms with E-state index in [1.165, 1.54) is 0 Å². The van der Waals surface area contributed by atoms with E-state index in [9.17, 15) is 0 Å². The summed E-state index contributed by atoms with van der Waals surface area (Å²) in [6.07, 6.45) is 3.46. The number of H-pyrrole nitrogens is 1. The summed E-state index contributed by atoms with van der Waals surface area (Å²) in [5.74, 6) is 0.461. The van der Waals surface area contributed by atoms with Crippen molar-refractivity contribution in [3.05, 3.63) is 40.5 Å². The van der Waals surface area contributed by atoms with Crippen molar-refractivity contribution in [1.29, 1.82) is 0 Å². The third-order valence-electron chi connectivity index (χ3n) is 2.89. The molecular weight excluding hydrogens is 280 g/mol. The van der Waals surface area contributed by atoms with Crippen molar-refractivity contribution in [2.45, 2.75) is 6.92 Å². The quantitative estimate of drug-likeness (QED) is 0.755. The van der Waals surface area contributed by atoms with Crippen LogP contribution in [0, 0.1) is 6.92 Å². The van der Waals surface area contributed by atoms with Gasteiger partial charge in [0.15, 0.2) is 5.82 Å². The van der Waals surface area contributed by atoms with Crippen molar-refractivity contribution >= 4 is 28.8 Å². The van der Waals surface area contributed by atoms with E-state index in [1.54, 1.807) is 23.7 Å². The standard InChI is InChI=1S/C13H11ClN4S/c1-7-6-19-12(10(7)14)11-9(13(15)18-17-11)8-2-4-16-5-3-8/h2-6H,1H3,(H3,15,17,18). The van der Waals surface area contributed by atoms with Gasteiger partial charge in [-0.2, -0.15) is 5.10 Å². The molecule has 3 rings (SSSR count). The number of nitrogen functional groups attached to an aromatic ring is 1. The molecule has 3 N–H and O–H groups in total. The molecule has 6 heteroatoms. The Morgan fingerprint density at radius 2 is 2.05 bits per heavy atom. The van der Waals surface area contributed by atoms with Crippen molar-refractivity contribution in [2.24, 2.45) is 0 Å². The second kappa shape index (κ2) is 4.68. The van der Waals surface area contributed by atoms with Crippen LogP contribution in [0.25, 0.3) is 21.7 Å². The zero-order valence-corrected chi connectivity index (χ0v) is 11.7. The summed E-state index contributed by atoms with van der Waals surface area (Å²) in [6.45, 7) is 1.98. The van der Waals surface area contributed by atoms with E-state index < -0.39 is 0 Å². The highest BCUT2D eigenvalue weighted by Gasteiger charge is 2.18. The van der Waals surface area contributed by atoms with Gasteiger partial charge in [-0.15, -0.1) is 11.3 Å². The third kappa shape index (κ3) is 2.01. The van der Waals surface area contributed by atoms with E-state index in [2.05, 4.69) is 15.2 Å². The second-order valence-corrected chi connectivity index (χ2v) is 5.41. The van der Waals surface area contributed by atoms with E-state index in [-0.39, 0.29) is 0 Å². The predicted molar refractivity (Wildman–Crippen MR) is 79.3 cm³/mol. The van der Waals surface area contributed by atoms with Gasteiger partial charge in [-0.1, -0.05) is 11.6 Å². The van der Waals surface area contributed by atoms with Gasteiger partial charge in [0.2, 0.25) is 0 Å². The highest BCUT2D eigenvalue weighted by molar-refractivity contribution is 7.14. The van der Waals surface area contributed by atoms with Crippen LogP contribution in [0.5, 0.6) is 0 Å². The maximum absolute atomic E-state index is 6.32. The maximum atomic E-state index is 6.32. The molecule has 0 unspecified atom stereocenters. The molecule has 0 saturated heterocycles. The molecule has 0 aliphatic rings. The Labute approximate surface area is 119 Å². The molecule has 3 aromatic rings. The fourth-order valence-electron chi connectivity index (χ4n) is 1.93. The van der Waals surface area contributed by atoms with Gasteiger partial charge < -0.3 is 5.73 Å². The molecule has 0 spiro atoms. The molecule has 0 bridgehead atoms. The summed E-state index contributed by atoms with van der Waals surface area (Å²) < 4.78 is 0. The van der Waals surface area contributed by atoms with Gasteiger partial charge in [-0.05, 0) is 35.6 Å². The van der Waals surface area contributed by atoms with Crippen LogP contribution in [0.2, 0.25) is 5.02 Å². The Morgan fingerprint density at radius 3 is 2.68 bits per heavy atom. The van der Waals surface area contributed by atoms with Crippen molar-refractivity contribution in [3.63, 3.8) is 0 Å². The minimum absolute atomic E-state index is 0.461.